The van der Waals surface area contributed by atoms with Crippen LogP contribution >= 0.6 is 0 Å². The maximum atomic E-state index is 12.1. The summed E-state index contributed by atoms with van der Waals surface area (Å²) in [5, 5.41) is -1.00. The number of carbonyl (C=O) groups is 1. The lowest BCUT2D eigenvalue weighted by Gasteiger charge is -2.10. The van der Waals surface area contributed by atoms with Gasteiger partial charge in [-0.1, -0.05) is 6.07 Å². The van der Waals surface area contributed by atoms with Crippen LogP contribution in [0.5, 0.6) is 11.5 Å². The minimum atomic E-state index is -3.51. The molecular weight excluding hydrogens is 310 g/mol. The number of fused-ring (bicyclic) bond motifs is 1. The molecule has 0 bridgehead atoms. The monoisotopic (exact) mass is 327 g/mol. The second kappa shape index (κ2) is 4.85. The Balaban J connectivity index is 1.99. The van der Waals surface area contributed by atoms with Crippen molar-refractivity contribution >= 4 is 15.8 Å². The Bertz CT molecular complexity index is 731. The summed E-state index contributed by atoms with van der Waals surface area (Å²) in [7, 11) is -3.51. The predicted octanol–water partition coefficient (Wildman–Crippen LogP) is 0.186. The van der Waals surface area contributed by atoms with E-state index in [0.29, 0.717) is 17.1 Å². The molecule has 2 aliphatic rings. The molecule has 1 saturated carbocycles. The highest BCUT2D eigenvalue weighted by molar-refractivity contribution is 7.91. The number of sulfone groups is 1. The molecule has 3 rings (SSSR count). The van der Waals surface area contributed by atoms with Crippen LogP contribution in [0.1, 0.15) is 18.4 Å². The molecule has 7 nitrogen and oxygen atoms in total. The number of esters is 1. The first-order valence-corrected chi connectivity index (χ1v) is 8.80. The first kappa shape index (κ1) is 15.1. The maximum Gasteiger partial charge on any atom is 0.328 e. The van der Waals surface area contributed by atoms with Gasteiger partial charge >= 0.3 is 5.97 Å². The van der Waals surface area contributed by atoms with Crippen LogP contribution in [0.4, 0.5) is 0 Å². The fourth-order valence-electron chi connectivity index (χ4n) is 3.03. The van der Waals surface area contributed by atoms with E-state index in [9.17, 15) is 13.2 Å². The van der Waals surface area contributed by atoms with Crippen molar-refractivity contribution < 1.29 is 27.4 Å². The Morgan fingerprint density at radius 1 is 1.41 bits per heavy atom. The van der Waals surface area contributed by atoms with Crippen LogP contribution in [-0.2, 0) is 19.4 Å². The lowest BCUT2D eigenvalue weighted by molar-refractivity contribution is -0.145. The normalized spacial score (nSPS) is 29.2. The fraction of sp³-hybridized carbons (Fsp3) is 0.500. The second-order valence-electron chi connectivity index (χ2n) is 5.49. The third-order valence-corrected chi connectivity index (χ3v) is 5.61. The molecule has 0 spiro atoms. The first-order chi connectivity index (χ1) is 10.3. The summed E-state index contributed by atoms with van der Waals surface area (Å²) in [6.07, 6.45) is 1.07. The molecule has 2 N–H and O–H groups in total. The van der Waals surface area contributed by atoms with Crippen molar-refractivity contribution in [2.45, 2.75) is 23.6 Å². The van der Waals surface area contributed by atoms with Gasteiger partial charge < -0.3 is 19.9 Å². The van der Waals surface area contributed by atoms with E-state index in [1.807, 2.05) is 0 Å². The van der Waals surface area contributed by atoms with Crippen molar-refractivity contribution in [3.8, 4) is 11.5 Å². The molecule has 0 unspecified atom stereocenters. The third-order valence-electron chi connectivity index (χ3n) is 4.03. The third kappa shape index (κ3) is 2.14. The average molecular weight is 327 g/mol. The molecule has 1 aromatic rings. The van der Waals surface area contributed by atoms with Gasteiger partial charge in [-0.05, 0) is 24.6 Å². The largest absolute Gasteiger partial charge is 0.465 e. The van der Waals surface area contributed by atoms with Crippen LogP contribution < -0.4 is 15.2 Å². The molecule has 1 heterocycles. The number of hydrogen-bond acceptors (Lipinski definition) is 7. The number of rotatable bonds is 4. The van der Waals surface area contributed by atoms with Gasteiger partial charge in [0.15, 0.2) is 21.3 Å². The zero-order chi connectivity index (χ0) is 16.1. The zero-order valence-corrected chi connectivity index (χ0v) is 13.1. The van der Waals surface area contributed by atoms with E-state index in [1.165, 1.54) is 0 Å². The smallest absolute Gasteiger partial charge is 0.328 e. The van der Waals surface area contributed by atoms with Crippen molar-refractivity contribution in [2.24, 2.45) is 5.73 Å². The number of carbonyl (C=O) groups excluding carboxylic acids is 1. The van der Waals surface area contributed by atoms with Crippen molar-refractivity contribution in [1.29, 1.82) is 0 Å². The van der Waals surface area contributed by atoms with Crippen LogP contribution in [0.3, 0.4) is 0 Å². The van der Waals surface area contributed by atoms with Crippen molar-refractivity contribution in [1.82, 2.24) is 0 Å². The second-order valence-corrected chi connectivity index (χ2v) is 7.66. The van der Waals surface area contributed by atoms with Gasteiger partial charge in [-0.2, -0.15) is 0 Å². The molecule has 22 heavy (non-hydrogen) atoms. The number of nitrogens with two attached hydrogens (primary N) is 1. The van der Waals surface area contributed by atoms with Crippen LogP contribution in [0.2, 0.25) is 0 Å². The Hall–Kier alpha value is -1.80. The fourth-order valence-corrected chi connectivity index (χ4v) is 4.78. The Labute approximate surface area is 128 Å². The van der Waals surface area contributed by atoms with Gasteiger partial charge in [0, 0.05) is 12.2 Å². The van der Waals surface area contributed by atoms with Crippen molar-refractivity contribution in [3.63, 3.8) is 0 Å². The quantitative estimate of drug-likeness (QED) is 0.787. The minimum Gasteiger partial charge on any atom is -0.465 e. The topological polar surface area (TPSA) is 105 Å². The zero-order valence-electron chi connectivity index (χ0n) is 12.2. The van der Waals surface area contributed by atoms with Crippen LogP contribution in [0.15, 0.2) is 18.2 Å². The van der Waals surface area contributed by atoms with E-state index in [1.54, 1.807) is 25.1 Å². The van der Waals surface area contributed by atoms with Gasteiger partial charge in [0.05, 0.1) is 11.9 Å². The molecule has 8 heteroatoms. The van der Waals surface area contributed by atoms with E-state index in [2.05, 4.69) is 0 Å². The Morgan fingerprint density at radius 3 is 2.73 bits per heavy atom. The van der Waals surface area contributed by atoms with E-state index in [4.69, 9.17) is 19.9 Å². The van der Waals surface area contributed by atoms with E-state index >= 15 is 0 Å². The highest BCUT2D eigenvalue weighted by Crippen LogP contribution is 2.55. The van der Waals surface area contributed by atoms with Gasteiger partial charge in [-0.3, -0.25) is 0 Å². The molecule has 0 radical (unpaired) electrons. The summed E-state index contributed by atoms with van der Waals surface area (Å²) < 4.78 is 39.4. The first-order valence-electron chi connectivity index (χ1n) is 6.84. The van der Waals surface area contributed by atoms with Crippen LogP contribution in [-0.4, -0.2) is 44.8 Å². The standard InChI is InChI=1S/C14H17NO6S/c1-3-19-13(16)14(15)11(12(14)22(2,17)18)8-4-5-9-10(6-8)21-7-20-9/h4-6,11-12H,3,7,15H2,1-2H3/t11-,12-,14-/m0/s1. The maximum absolute atomic E-state index is 12.1. The number of hydrogen-bond donors (Lipinski definition) is 1. The van der Waals surface area contributed by atoms with Gasteiger partial charge in [-0.15, -0.1) is 0 Å². The van der Waals surface area contributed by atoms with E-state index in [0.717, 1.165) is 6.26 Å². The Kier molecular flexibility index (Phi) is 3.33. The summed E-state index contributed by atoms with van der Waals surface area (Å²) in [4.78, 5) is 12.1. The highest BCUT2D eigenvalue weighted by Gasteiger charge is 2.73. The molecule has 120 valence electrons. The summed E-state index contributed by atoms with van der Waals surface area (Å²) in [6, 6.07) is 5.05. The molecule has 0 amide bonds. The Morgan fingerprint density at radius 2 is 2.09 bits per heavy atom. The summed E-state index contributed by atoms with van der Waals surface area (Å²) >= 11 is 0. The van der Waals surface area contributed by atoms with Gasteiger partial charge in [0.2, 0.25) is 6.79 Å². The number of ether oxygens (including phenoxy) is 3. The summed E-state index contributed by atoms with van der Waals surface area (Å²) in [5.74, 6) is -0.258. The van der Waals surface area contributed by atoms with E-state index < -0.39 is 32.5 Å². The van der Waals surface area contributed by atoms with Gasteiger partial charge in [0.1, 0.15) is 5.54 Å². The van der Waals surface area contributed by atoms with Gasteiger partial charge in [0.25, 0.3) is 0 Å². The van der Waals surface area contributed by atoms with Crippen molar-refractivity contribution in [3.05, 3.63) is 23.8 Å². The highest BCUT2D eigenvalue weighted by atomic mass is 32.2. The SMILES string of the molecule is CCOC(=O)[C@]1(N)[C@@H](c2ccc3c(c2)OCO3)[C@@H]1S(C)(=O)=O. The molecule has 0 saturated heterocycles. The van der Waals surface area contributed by atoms with Crippen LogP contribution in [0.25, 0.3) is 0 Å². The molecule has 1 aromatic carbocycles. The number of benzene rings is 1. The lowest BCUT2D eigenvalue weighted by atomic mass is 10.1. The molecule has 1 fully saturated rings. The van der Waals surface area contributed by atoms with Gasteiger partial charge in [-0.25, -0.2) is 13.2 Å². The summed E-state index contributed by atoms with van der Waals surface area (Å²) in [5.41, 5.74) is 5.16. The average Bonchev–Trinajstić information content (AvgIpc) is 2.87. The lowest BCUT2D eigenvalue weighted by Crippen LogP contribution is -2.41. The minimum absolute atomic E-state index is 0.116. The van der Waals surface area contributed by atoms with Crippen molar-refractivity contribution in [2.75, 3.05) is 19.7 Å². The molecule has 1 aliphatic heterocycles. The van der Waals surface area contributed by atoms with Crippen LogP contribution in [0, 0.1) is 0 Å². The molecule has 1 aliphatic carbocycles. The molecular formula is C14H17NO6S. The molecule has 0 aromatic heterocycles. The van der Waals surface area contributed by atoms with E-state index in [-0.39, 0.29) is 13.4 Å². The summed E-state index contributed by atoms with van der Waals surface area (Å²) in [6.45, 7) is 1.90. The molecule has 3 atom stereocenters. The predicted molar refractivity (Wildman–Crippen MR) is 77.5 cm³/mol.